The van der Waals surface area contributed by atoms with Gasteiger partial charge in [-0.25, -0.2) is 9.59 Å². The fourth-order valence-electron chi connectivity index (χ4n) is 2.52. The van der Waals surface area contributed by atoms with Gasteiger partial charge in [-0.15, -0.1) is 0 Å². The van der Waals surface area contributed by atoms with Crippen molar-refractivity contribution in [2.45, 2.75) is 19.9 Å². The summed E-state index contributed by atoms with van der Waals surface area (Å²) in [5.41, 5.74) is 1.46. The topological polar surface area (TPSA) is 102 Å². The molecule has 0 unspecified atom stereocenters. The zero-order valence-electron chi connectivity index (χ0n) is 14.6. The third-order valence-corrected chi connectivity index (χ3v) is 3.69. The van der Waals surface area contributed by atoms with E-state index in [0.29, 0.717) is 16.8 Å². The molecule has 1 heterocycles. The monoisotopic (exact) mass is 360 g/mol. The Balaban J connectivity index is 2.09. The molecular weight excluding hydrogens is 340 g/mol. The largest absolute Gasteiger partial charge is 0.464 e. The van der Waals surface area contributed by atoms with Gasteiger partial charge >= 0.3 is 11.9 Å². The van der Waals surface area contributed by atoms with Crippen LogP contribution in [0.25, 0.3) is 5.70 Å². The van der Waals surface area contributed by atoms with Crippen molar-refractivity contribution < 1.29 is 28.7 Å². The van der Waals surface area contributed by atoms with E-state index in [1.807, 2.05) is 0 Å². The minimum atomic E-state index is -1.59. The van der Waals surface area contributed by atoms with Crippen LogP contribution in [-0.2, 0) is 23.9 Å². The second-order valence-corrected chi connectivity index (χ2v) is 5.39. The van der Waals surface area contributed by atoms with Gasteiger partial charge in [0.2, 0.25) is 11.9 Å². The summed E-state index contributed by atoms with van der Waals surface area (Å²) in [5, 5.41) is 2.26. The van der Waals surface area contributed by atoms with E-state index < -0.39 is 23.9 Å². The van der Waals surface area contributed by atoms with Gasteiger partial charge in [0, 0.05) is 16.8 Å². The van der Waals surface area contributed by atoms with E-state index >= 15 is 0 Å². The number of fused-ring (bicyclic) bond motifs is 1. The molecule has 26 heavy (non-hydrogen) atoms. The molecule has 0 aliphatic carbocycles. The second kappa shape index (κ2) is 8.28. The molecule has 1 aliphatic rings. The predicted molar refractivity (Wildman–Crippen MR) is 91.7 cm³/mol. The molecule has 1 N–H and O–H groups in total. The molecule has 0 atom stereocenters. The summed E-state index contributed by atoms with van der Waals surface area (Å²) in [6.07, 6.45) is 0. The molecule has 2 amide bonds. The van der Waals surface area contributed by atoms with Crippen LogP contribution in [0.3, 0.4) is 0 Å². The molecule has 0 bridgehead atoms. The highest BCUT2D eigenvalue weighted by Crippen LogP contribution is 2.30. The first-order chi connectivity index (χ1) is 12.4. The molecule has 1 aromatic rings. The maximum Gasteiger partial charge on any atom is 0.340 e. The Hall–Kier alpha value is -3.16. The molecule has 0 radical (unpaired) electrons. The summed E-state index contributed by atoms with van der Waals surface area (Å²) in [5.74, 6) is -2.92. The lowest BCUT2D eigenvalue weighted by molar-refractivity contribution is -0.159. The van der Waals surface area contributed by atoms with E-state index in [1.165, 1.54) is 4.90 Å². The average Bonchev–Trinajstić information content (AvgIpc) is 2.85. The van der Waals surface area contributed by atoms with Crippen molar-refractivity contribution in [1.29, 1.82) is 0 Å². The van der Waals surface area contributed by atoms with Crippen LogP contribution in [0.5, 0.6) is 0 Å². The molecule has 1 aliphatic heterocycles. The molecule has 1 aromatic carbocycles. The highest BCUT2D eigenvalue weighted by atomic mass is 16.6. The maximum absolute atomic E-state index is 12.4. The first-order valence-corrected chi connectivity index (χ1v) is 8.13. The number of hydrogen-bond acceptors (Lipinski definition) is 6. The van der Waals surface area contributed by atoms with Crippen molar-refractivity contribution in [3.63, 3.8) is 0 Å². The zero-order chi connectivity index (χ0) is 19.3. The lowest BCUT2D eigenvalue weighted by atomic mass is 10.1. The molecule has 8 heteroatoms. The van der Waals surface area contributed by atoms with Crippen LogP contribution < -0.4 is 5.32 Å². The number of nitrogens with one attached hydrogen (secondary N) is 1. The Morgan fingerprint density at radius 3 is 2.12 bits per heavy atom. The standard InChI is InChI=1S/C18H20N2O6/c1-4-25-17(23)15(18(24)26-5-2)19-14(21)10-20-11(3)12-8-6-7-9-13(12)16(20)22/h6-9,15H,3-5,10H2,1-2H3,(H,19,21). The third-order valence-electron chi connectivity index (χ3n) is 3.69. The zero-order valence-corrected chi connectivity index (χ0v) is 14.6. The molecule has 0 saturated heterocycles. The van der Waals surface area contributed by atoms with Gasteiger partial charge in [0.05, 0.1) is 13.2 Å². The van der Waals surface area contributed by atoms with Crippen molar-refractivity contribution in [3.8, 4) is 0 Å². The van der Waals surface area contributed by atoms with Gasteiger partial charge in [-0.2, -0.15) is 0 Å². The van der Waals surface area contributed by atoms with Crippen molar-refractivity contribution in [3.05, 3.63) is 42.0 Å². The Labute approximate surface area is 150 Å². The average molecular weight is 360 g/mol. The maximum atomic E-state index is 12.4. The summed E-state index contributed by atoms with van der Waals surface area (Å²) in [4.78, 5) is 49.7. The van der Waals surface area contributed by atoms with Gasteiger partial charge in [0.1, 0.15) is 6.54 Å². The number of amides is 2. The number of carbonyl (C=O) groups excluding carboxylic acids is 4. The fourth-order valence-corrected chi connectivity index (χ4v) is 2.52. The van der Waals surface area contributed by atoms with Crippen LogP contribution in [0, 0.1) is 0 Å². The van der Waals surface area contributed by atoms with Crippen LogP contribution in [0.15, 0.2) is 30.8 Å². The number of esters is 2. The summed E-state index contributed by atoms with van der Waals surface area (Å²) in [7, 11) is 0. The first kappa shape index (κ1) is 19.2. The molecule has 0 saturated carbocycles. The quantitative estimate of drug-likeness (QED) is 0.568. The van der Waals surface area contributed by atoms with Crippen LogP contribution in [-0.4, -0.2) is 54.5 Å². The van der Waals surface area contributed by atoms with Gasteiger partial charge in [-0.05, 0) is 19.9 Å². The van der Waals surface area contributed by atoms with Crippen molar-refractivity contribution in [1.82, 2.24) is 10.2 Å². The van der Waals surface area contributed by atoms with E-state index in [0.717, 1.165) is 0 Å². The molecule has 8 nitrogen and oxygen atoms in total. The first-order valence-electron chi connectivity index (χ1n) is 8.13. The van der Waals surface area contributed by atoms with Crippen LogP contribution in [0.1, 0.15) is 29.8 Å². The van der Waals surface area contributed by atoms with E-state index in [4.69, 9.17) is 9.47 Å². The van der Waals surface area contributed by atoms with Crippen molar-refractivity contribution >= 4 is 29.5 Å². The van der Waals surface area contributed by atoms with Gasteiger partial charge < -0.3 is 14.8 Å². The SMILES string of the molecule is C=C1c2ccccc2C(=O)N1CC(=O)NC(C(=O)OCC)C(=O)OCC. The Morgan fingerprint density at radius 1 is 1.08 bits per heavy atom. The molecular formula is C18H20N2O6. The van der Waals surface area contributed by atoms with Crippen molar-refractivity contribution in [2.75, 3.05) is 19.8 Å². The number of nitrogens with zero attached hydrogens (tertiary/aromatic N) is 1. The van der Waals surface area contributed by atoms with Gasteiger partial charge in [0.25, 0.3) is 5.91 Å². The van der Waals surface area contributed by atoms with Gasteiger partial charge in [-0.1, -0.05) is 24.8 Å². The highest BCUT2D eigenvalue weighted by Gasteiger charge is 2.35. The number of hydrogen-bond donors (Lipinski definition) is 1. The van der Waals surface area contributed by atoms with Crippen LogP contribution in [0.2, 0.25) is 0 Å². The fraction of sp³-hybridized carbons (Fsp3) is 0.333. The Kier molecular flexibility index (Phi) is 6.11. The smallest absolute Gasteiger partial charge is 0.340 e. The molecule has 138 valence electrons. The van der Waals surface area contributed by atoms with Gasteiger partial charge in [-0.3, -0.25) is 14.5 Å². The molecule has 2 rings (SSSR count). The van der Waals surface area contributed by atoms with E-state index in [-0.39, 0.29) is 25.7 Å². The number of benzene rings is 1. The highest BCUT2D eigenvalue weighted by molar-refractivity contribution is 6.10. The van der Waals surface area contributed by atoms with Crippen LogP contribution >= 0.6 is 0 Å². The summed E-state index contributed by atoms with van der Waals surface area (Å²) in [6.45, 7) is 6.68. The summed E-state index contributed by atoms with van der Waals surface area (Å²) < 4.78 is 9.57. The lowest BCUT2D eigenvalue weighted by Gasteiger charge is -2.20. The number of ether oxygens (including phenoxy) is 2. The van der Waals surface area contributed by atoms with E-state index in [1.54, 1.807) is 38.1 Å². The van der Waals surface area contributed by atoms with E-state index in [9.17, 15) is 19.2 Å². The molecule has 0 spiro atoms. The second-order valence-electron chi connectivity index (χ2n) is 5.39. The van der Waals surface area contributed by atoms with Crippen LogP contribution in [0.4, 0.5) is 0 Å². The predicted octanol–water partition coefficient (Wildman–Crippen LogP) is 0.724. The van der Waals surface area contributed by atoms with E-state index in [2.05, 4.69) is 11.9 Å². The van der Waals surface area contributed by atoms with Gasteiger partial charge in [0.15, 0.2) is 0 Å². The van der Waals surface area contributed by atoms with Crippen molar-refractivity contribution in [2.24, 2.45) is 0 Å². The molecule has 0 fully saturated rings. The minimum absolute atomic E-state index is 0.0430. The number of carbonyl (C=O) groups is 4. The Morgan fingerprint density at radius 2 is 1.62 bits per heavy atom. The lowest BCUT2D eigenvalue weighted by Crippen LogP contribution is -2.50. The summed E-state index contributed by atoms with van der Waals surface area (Å²) in [6, 6.07) is 5.26. The Bertz CT molecular complexity index is 705. The minimum Gasteiger partial charge on any atom is -0.464 e. The normalized spacial score (nSPS) is 12.8. The number of rotatable bonds is 7. The molecule has 0 aromatic heterocycles. The third kappa shape index (κ3) is 3.90. The summed E-state index contributed by atoms with van der Waals surface area (Å²) >= 11 is 0.